The fraction of sp³-hybridized carbons (Fsp3) is 0.0667. The van der Waals surface area contributed by atoms with Crippen molar-refractivity contribution in [2.45, 2.75) is 6.42 Å². The summed E-state index contributed by atoms with van der Waals surface area (Å²) in [5.41, 5.74) is 7.83. The van der Waals surface area contributed by atoms with E-state index in [0.29, 0.717) is 12.2 Å². The minimum absolute atomic E-state index is 0.505. The lowest BCUT2D eigenvalue weighted by Gasteiger charge is -2.05. The number of fused-ring (bicyclic) bond motifs is 1. The number of benzene rings is 2. The molecule has 0 bridgehead atoms. The third-order valence-corrected chi connectivity index (χ3v) is 2.99. The van der Waals surface area contributed by atoms with E-state index in [1.165, 1.54) is 16.3 Å². The highest BCUT2D eigenvalue weighted by atomic mass is 14.9. The van der Waals surface area contributed by atoms with Gasteiger partial charge in [-0.3, -0.25) is 4.98 Å². The van der Waals surface area contributed by atoms with Gasteiger partial charge in [0.25, 0.3) is 0 Å². The van der Waals surface area contributed by atoms with Crippen molar-refractivity contribution in [3.05, 3.63) is 66.1 Å². The molecule has 2 N–H and O–H groups in total. The van der Waals surface area contributed by atoms with E-state index in [1.807, 2.05) is 12.1 Å². The second kappa shape index (κ2) is 4.45. The molecule has 0 aliphatic carbocycles. The molecule has 1 heterocycles. The van der Waals surface area contributed by atoms with Gasteiger partial charge in [-0.25, -0.2) is 4.98 Å². The average molecular weight is 235 g/mol. The van der Waals surface area contributed by atoms with E-state index in [9.17, 15) is 0 Å². The topological polar surface area (TPSA) is 51.8 Å². The number of nitrogens with zero attached hydrogens (tertiary/aromatic N) is 2. The molecular weight excluding hydrogens is 222 g/mol. The Morgan fingerprint density at radius 2 is 1.67 bits per heavy atom. The molecule has 0 fully saturated rings. The minimum atomic E-state index is 0.505. The summed E-state index contributed by atoms with van der Waals surface area (Å²) < 4.78 is 0. The number of nitrogens with two attached hydrogens (primary N) is 1. The third-order valence-electron chi connectivity index (χ3n) is 2.99. The van der Waals surface area contributed by atoms with Crippen LogP contribution < -0.4 is 5.73 Å². The van der Waals surface area contributed by atoms with Gasteiger partial charge in [-0.05, 0) is 16.3 Å². The molecule has 3 aromatic rings. The van der Waals surface area contributed by atoms with Crippen LogP contribution in [0.2, 0.25) is 0 Å². The van der Waals surface area contributed by atoms with Gasteiger partial charge in [0.2, 0.25) is 0 Å². The quantitative estimate of drug-likeness (QED) is 0.743. The van der Waals surface area contributed by atoms with Crippen LogP contribution in [0.3, 0.4) is 0 Å². The Bertz CT molecular complexity index is 692. The predicted molar refractivity (Wildman–Crippen MR) is 73.2 cm³/mol. The summed E-state index contributed by atoms with van der Waals surface area (Å²) in [6.45, 7) is 0. The van der Waals surface area contributed by atoms with E-state index < -0.39 is 0 Å². The summed E-state index contributed by atoms with van der Waals surface area (Å²) in [6, 6.07) is 14.7. The molecule has 18 heavy (non-hydrogen) atoms. The van der Waals surface area contributed by atoms with Crippen molar-refractivity contribution in [2.75, 3.05) is 5.73 Å². The molecule has 3 nitrogen and oxygen atoms in total. The Morgan fingerprint density at radius 1 is 0.889 bits per heavy atom. The van der Waals surface area contributed by atoms with E-state index in [1.54, 1.807) is 12.4 Å². The van der Waals surface area contributed by atoms with Crippen LogP contribution in [0, 0.1) is 0 Å². The molecule has 0 aliphatic heterocycles. The van der Waals surface area contributed by atoms with E-state index in [-0.39, 0.29) is 0 Å². The van der Waals surface area contributed by atoms with Crippen LogP contribution in [-0.2, 0) is 6.42 Å². The van der Waals surface area contributed by atoms with E-state index in [4.69, 9.17) is 5.73 Å². The zero-order chi connectivity index (χ0) is 12.4. The summed E-state index contributed by atoms with van der Waals surface area (Å²) in [5.74, 6) is 0.505. The molecule has 0 unspecified atom stereocenters. The molecule has 1 aromatic heterocycles. The second-order valence-corrected chi connectivity index (χ2v) is 4.25. The van der Waals surface area contributed by atoms with Crippen molar-refractivity contribution < 1.29 is 0 Å². The number of hydrogen-bond donors (Lipinski definition) is 1. The molecule has 0 spiro atoms. The third kappa shape index (κ3) is 2.02. The Kier molecular flexibility index (Phi) is 2.65. The van der Waals surface area contributed by atoms with Crippen molar-refractivity contribution in [3.63, 3.8) is 0 Å². The average Bonchev–Trinajstić information content (AvgIpc) is 2.41. The fourth-order valence-corrected chi connectivity index (χ4v) is 2.06. The first-order valence-corrected chi connectivity index (χ1v) is 5.86. The highest BCUT2D eigenvalue weighted by Gasteiger charge is 2.03. The second-order valence-electron chi connectivity index (χ2n) is 4.25. The Morgan fingerprint density at radius 3 is 2.50 bits per heavy atom. The molecule has 0 amide bonds. The van der Waals surface area contributed by atoms with Gasteiger partial charge in [0.05, 0.1) is 5.69 Å². The van der Waals surface area contributed by atoms with Gasteiger partial charge in [0.15, 0.2) is 0 Å². The highest BCUT2D eigenvalue weighted by molar-refractivity contribution is 5.83. The monoisotopic (exact) mass is 235 g/mol. The lowest BCUT2D eigenvalue weighted by atomic mass is 10.0. The molecule has 88 valence electrons. The molecule has 0 saturated heterocycles. The summed E-state index contributed by atoms with van der Waals surface area (Å²) in [7, 11) is 0. The maximum atomic E-state index is 5.81. The molecule has 3 heteroatoms. The first-order valence-electron chi connectivity index (χ1n) is 5.86. The summed E-state index contributed by atoms with van der Waals surface area (Å²) in [6.07, 6.45) is 4.00. The minimum Gasteiger partial charge on any atom is -0.382 e. The zero-order valence-electron chi connectivity index (χ0n) is 9.88. The predicted octanol–water partition coefficient (Wildman–Crippen LogP) is 2.80. The maximum Gasteiger partial charge on any atom is 0.145 e. The van der Waals surface area contributed by atoms with Crippen molar-refractivity contribution in [1.82, 2.24) is 9.97 Å². The fourth-order valence-electron chi connectivity index (χ4n) is 2.06. The van der Waals surface area contributed by atoms with Gasteiger partial charge in [-0.15, -0.1) is 0 Å². The van der Waals surface area contributed by atoms with E-state index >= 15 is 0 Å². The van der Waals surface area contributed by atoms with Crippen molar-refractivity contribution in [1.29, 1.82) is 0 Å². The first-order chi connectivity index (χ1) is 8.83. The van der Waals surface area contributed by atoms with Gasteiger partial charge >= 0.3 is 0 Å². The van der Waals surface area contributed by atoms with Gasteiger partial charge in [-0.1, -0.05) is 42.5 Å². The zero-order valence-corrected chi connectivity index (χ0v) is 9.88. The summed E-state index contributed by atoms with van der Waals surface area (Å²) >= 11 is 0. The Labute approximate surface area is 105 Å². The van der Waals surface area contributed by atoms with Crippen LogP contribution >= 0.6 is 0 Å². The number of nitrogen functional groups attached to an aromatic ring is 1. The first kappa shape index (κ1) is 10.7. The van der Waals surface area contributed by atoms with Crippen LogP contribution in [0.1, 0.15) is 11.3 Å². The van der Waals surface area contributed by atoms with Gasteiger partial charge in [0.1, 0.15) is 5.82 Å². The Balaban J connectivity index is 1.98. The van der Waals surface area contributed by atoms with E-state index in [2.05, 4.69) is 40.3 Å². The van der Waals surface area contributed by atoms with Crippen molar-refractivity contribution in [3.8, 4) is 0 Å². The molecule has 0 radical (unpaired) electrons. The summed E-state index contributed by atoms with van der Waals surface area (Å²) in [5, 5.41) is 2.48. The molecule has 0 saturated carbocycles. The summed E-state index contributed by atoms with van der Waals surface area (Å²) in [4.78, 5) is 8.32. The van der Waals surface area contributed by atoms with Crippen LogP contribution in [0.15, 0.2) is 54.9 Å². The molecule has 0 aliphatic rings. The molecular formula is C15H13N3. The number of hydrogen-bond acceptors (Lipinski definition) is 3. The maximum absolute atomic E-state index is 5.81. The smallest absolute Gasteiger partial charge is 0.145 e. The normalized spacial score (nSPS) is 10.7. The highest BCUT2D eigenvalue weighted by Crippen LogP contribution is 2.18. The van der Waals surface area contributed by atoms with Gasteiger partial charge < -0.3 is 5.73 Å². The lowest BCUT2D eigenvalue weighted by Crippen LogP contribution is -2.00. The lowest BCUT2D eigenvalue weighted by molar-refractivity contribution is 1.04. The van der Waals surface area contributed by atoms with Gasteiger partial charge in [-0.2, -0.15) is 0 Å². The SMILES string of the molecule is Nc1nccnc1Cc1ccc2ccccc2c1. The van der Waals surface area contributed by atoms with Crippen molar-refractivity contribution in [2.24, 2.45) is 0 Å². The molecule has 3 rings (SSSR count). The van der Waals surface area contributed by atoms with Gasteiger partial charge in [0, 0.05) is 18.8 Å². The Hall–Kier alpha value is -2.42. The number of rotatable bonds is 2. The van der Waals surface area contributed by atoms with Crippen LogP contribution in [0.5, 0.6) is 0 Å². The molecule has 2 aromatic carbocycles. The number of anilines is 1. The number of aromatic nitrogens is 2. The van der Waals surface area contributed by atoms with Crippen molar-refractivity contribution >= 4 is 16.6 Å². The van der Waals surface area contributed by atoms with Crippen LogP contribution in [0.4, 0.5) is 5.82 Å². The largest absolute Gasteiger partial charge is 0.382 e. The van der Waals surface area contributed by atoms with E-state index in [0.717, 1.165) is 5.69 Å². The van der Waals surface area contributed by atoms with Crippen LogP contribution in [0.25, 0.3) is 10.8 Å². The van der Waals surface area contributed by atoms with Crippen LogP contribution in [-0.4, -0.2) is 9.97 Å². The standard InChI is InChI=1S/C15H13N3/c16-15-14(17-7-8-18-15)10-11-5-6-12-3-1-2-4-13(12)9-11/h1-9H,10H2,(H2,16,18). The molecule has 0 atom stereocenters.